The van der Waals surface area contributed by atoms with Crippen LogP contribution in [-0.4, -0.2) is 46.1 Å². The van der Waals surface area contributed by atoms with E-state index in [1.807, 2.05) is 31.1 Å². The van der Waals surface area contributed by atoms with E-state index in [9.17, 15) is 14.7 Å². The van der Waals surface area contributed by atoms with Gasteiger partial charge in [-0.05, 0) is 24.3 Å². The molecular weight excluding hydrogens is 258 g/mol. The number of carbonyl (C=O) groups is 2. The number of aliphatic carboxylic acids is 1. The summed E-state index contributed by atoms with van der Waals surface area (Å²) in [6.07, 6.45) is -0.111. The van der Waals surface area contributed by atoms with Crippen LogP contribution in [0.4, 0.5) is 11.4 Å². The summed E-state index contributed by atoms with van der Waals surface area (Å²) in [6, 6.07) is 6.47. The number of likely N-dealkylation sites (N-methyl/N-ethyl adjacent to an activating group) is 1. The molecule has 1 rings (SSSR count). The average molecular weight is 279 g/mol. The minimum Gasteiger partial charge on any atom is -0.544 e. The van der Waals surface area contributed by atoms with E-state index in [1.165, 1.54) is 0 Å². The quantitative estimate of drug-likeness (QED) is 0.654. The number of rotatable bonds is 6. The summed E-state index contributed by atoms with van der Waals surface area (Å²) >= 11 is 0. The van der Waals surface area contributed by atoms with Crippen LogP contribution in [0.15, 0.2) is 24.3 Å². The summed E-state index contributed by atoms with van der Waals surface area (Å²) in [7, 11) is 7.22. The number of amides is 1. The van der Waals surface area contributed by atoms with Crippen molar-refractivity contribution in [2.75, 3.05) is 38.4 Å². The fourth-order valence-electron chi connectivity index (χ4n) is 1.76. The van der Waals surface area contributed by atoms with Crippen molar-refractivity contribution in [3.05, 3.63) is 24.3 Å². The first-order chi connectivity index (χ1) is 9.31. The number of carbonyl (C=O) groups excluding carboxylic acids is 2. The normalized spacial score (nSPS) is 12.1. The first kappa shape index (κ1) is 16.0. The maximum atomic E-state index is 11.8. The van der Waals surface area contributed by atoms with Gasteiger partial charge in [0.15, 0.2) is 0 Å². The van der Waals surface area contributed by atoms with Gasteiger partial charge in [0.05, 0.1) is 26.5 Å². The first-order valence-corrected chi connectivity index (χ1v) is 6.39. The molecule has 6 heteroatoms. The fourth-order valence-corrected chi connectivity index (χ4v) is 1.76. The minimum atomic E-state index is -1.22. The van der Waals surface area contributed by atoms with Gasteiger partial charge < -0.3 is 25.0 Å². The number of carboxylic acid groups (broad SMARTS) is 1. The van der Waals surface area contributed by atoms with Crippen molar-refractivity contribution in [3.8, 4) is 0 Å². The number of benzene rings is 1. The van der Waals surface area contributed by atoms with Crippen molar-refractivity contribution in [2.45, 2.75) is 12.5 Å². The Bertz CT molecular complexity index is 469. The molecule has 0 saturated carbocycles. The van der Waals surface area contributed by atoms with Gasteiger partial charge in [-0.15, -0.1) is 0 Å². The number of hydrogen-bond donors (Lipinski definition) is 2. The topological polar surface area (TPSA) is 76.9 Å². The monoisotopic (exact) mass is 279 g/mol. The van der Waals surface area contributed by atoms with E-state index in [2.05, 4.69) is 5.32 Å². The maximum Gasteiger partial charge on any atom is 0.230 e. The van der Waals surface area contributed by atoms with Crippen LogP contribution in [-0.2, 0) is 9.59 Å². The molecule has 1 aromatic carbocycles. The predicted molar refractivity (Wildman–Crippen MR) is 75.6 cm³/mol. The van der Waals surface area contributed by atoms with Crippen molar-refractivity contribution in [1.29, 1.82) is 0 Å². The van der Waals surface area contributed by atoms with Crippen molar-refractivity contribution in [2.24, 2.45) is 0 Å². The van der Waals surface area contributed by atoms with Crippen LogP contribution >= 0.6 is 0 Å². The van der Waals surface area contributed by atoms with Gasteiger partial charge >= 0.3 is 0 Å². The summed E-state index contributed by atoms with van der Waals surface area (Å²) in [5.74, 6) is -1.55. The predicted octanol–water partition coefficient (Wildman–Crippen LogP) is -1.66. The Hall–Kier alpha value is -2.08. The third-order valence-corrected chi connectivity index (χ3v) is 3.04. The summed E-state index contributed by atoms with van der Waals surface area (Å²) in [6.45, 7) is 0. The molecule has 0 fully saturated rings. The first-order valence-electron chi connectivity index (χ1n) is 6.39. The molecule has 0 bridgehead atoms. The molecule has 1 atom stereocenters. The molecule has 20 heavy (non-hydrogen) atoms. The zero-order valence-corrected chi connectivity index (χ0v) is 12.3. The van der Waals surface area contributed by atoms with E-state index >= 15 is 0 Å². The summed E-state index contributed by atoms with van der Waals surface area (Å²) in [4.78, 5) is 25.4. The molecule has 0 radical (unpaired) electrons. The molecule has 6 nitrogen and oxygen atoms in total. The number of hydrogen-bond acceptors (Lipinski definition) is 4. The lowest BCUT2D eigenvalue weighted by Gasteiger charge is -2.21. The van der Waals surface area contributed by atoms with Crippen LogP contribution in [0.25, 0.3) is 0 Å². The molecule has 2 N–H and O–H groups in total. The molecular formula is C14H21N3O3. The molecule has 110 valence electrons. The Labute approximate surface area is 119 Å². The van der Waals surface area contributed by atoms with Crippen LogP contribution in [0.2, 0.25) is 0 Å². The van der Waals surface area contributed by atoms with E-state index in [1.54, 1.807) is 26.2 Å². The van der Waals surface area contributed by atoms with Gasteiger partial charge in [-0.25, -0.2) is 0 Å². The molecule has 0 aromatic heterocycles. The Morgan fingerprint density at radius 3 is 2.20 bits per heavy atom. The molecule has 1 amide bonds. The van der Waals surface area contributed by atoms with E-state index in [0.29, 0.717) is 10.6 Å². The van der Waals surface area contributed by atoms with Crippen LogP contribution in [0.1, 0.15) is 6.42 Å². The number of carboxylic acids is 1. The number of nitrogens with zero attached hydrogens (tertiary/aromatic N) is 1. The largest absolute Gasteiger partial charge is 0.544 e. The van der Waals surface area contributed by atoms with Gasteiger partial charge in [0, 0.05) is 25.5 Å². The fraction of sp³-hybridized carbons (Fsp3) is 0.429. The van der Waals surface area contributed by atoms with Gasteiger partial charge in [0.2, 0.25) is 5.91 Å². The van der Waals surface area contributed by atoms with E-state index in [-0.39, 0.29) is 12.3 Å². The minimum absolute atomic E-state index is 0.111. The number of quaternary nitrogens is 1. The smallest absolute Gasteiger partial charge is 0.230 e. The Kier molecular flexibility index (Phi) is 5.52. The molecule has 0 aliphatic rings. The Balaban J connectivity index is 2.64. The van der Waals surface area contributed by atoms with Gasteiger partial charge in [-0.2, -0.15) is 0 Å². The molecule has 0 saturated heterocycles. The Morgan fingerprint density at radius 1 is 1.25 bits per heavy atom. The lowest BCUT2D eigenvalue weighted by molar-refractivity contribution is -0.878. The summed E-state index contributed by atoms with van der Waals surface area (Å²) < 4.78 is 0. The zero-order valence-electron chi connectivity index (χ0n) is 12.3. The highest BCUT2D eigenvalue weighted by atomic mass is 16.4. The Morgan fingerprint density at radius 2 is 1.80 bits per heavy atom. The second-order valence-corrected chi connectivity index (χ2v) is 5.14. The van der Waals surface area contributed by atoms with Crippen LogP contribution in [0, 0.1) is 0 Å². The van der Waals surface area contributed by atoms with Crippen LogP contribution in [0.3, 0.4) is 0 Å². The SMILES string of the molecule is CN(C)c1ccc(NC(=O)C[C@@H](C(=O)[O-])[NH+](C)C)cc1. The highest BCUT2D eigenvalue weighted by Crippen LogP contribution is 2.15. The van der Waals surface area contributed by atoms with Gasteiger partial charge in [0.25, 0.3) is 0 Å². The standard InChI is InChI=1S/C14H21N3O3/c1-16(2)11-7-5-10(6-8-11)15-13(18)9-12(14(19)20)17(3)4/h5-8,12H,9H2,1-4H3,(H,15,18)(H,19,20)/t12-/m0/s1. The second kappa shape index (κ2) is 6.91. The third-order valence-electron chi connectivity index (χ3n) is 3.04. The highest BCUT2D eigenvalue weighted by Gasteiger charge is 2.20. The van der Waals surface area contributed by atoms with E-state index in [0.717, 1.165) is 5.69 Å². The van der Waals surface area contributed by atoms with Gasteiger partial charge in [-0.1, -0.05) is 0 Å². The van der Waals surface area contributed by atoms with E-state index < -0.39 is 12.0 Å². The third kappa shape index (κ3) is 4.55. The molecule has 0 spiro atoms. The van der Waals surface area contributed by atoms with E-state index in [4.69, 9.17) is 0 Å². The summed E-state index contributed by atoms with van der Waals surface area (Å²) in [5, 5.41) is 13.6. The number of anilines is 2. The lowest BCUT2D eigenvalue weighted by atomic mass is 10.1. The van der Waals surface area contributed by atoms with Crippen LogP contribution in [0.5, 0.6) is 0 Å². The van der Waals surface area contributed by atoms with Crippen molar-refractivity contribution >= 4 is 23.3 Å². The average Bonchev–Trinajstić information content (AvgIpc) is 2.35. The summed E-state index contributed by atoms with van der Waals surface area (Å²) in [5.41, 5.74) is 1.67. The number of nitrogens with one attached hydrogen (secondary N) is 2. The molecule has 0 heterocycles. The van der Waals surface area contributed by atoms with Crippen molar-refractivity contribution in [3.63, 3.8) is 0 Å². The molecule has 0 unspecified atom stereocenters. The molecule has 0 aliphatic carbocycles. The van der Waals surface area contributed by atoms with Crippen molar-refractivity contribution in [1.82, 2.24) is 0 Å². The molecule has 1 aromatic rings. The maximum absolute atomic E-state index is 11.8. The van der Waals surface area contributed by atoms with Crippen LogP contribution < -0.4 is 20.2 Å². The van der Waals surface area contributed by atoms with Gasteiger partial charge in [0.1, 0.15) is 6.04 Å². The van der Waals surface area contributed by atoms with Crippen molar-refractivity contribution < 1.29 is 19.6 Å². The zero-order chi connectivity index (χ0) is 15.3. The lowest BCUT2D eigenvalue weighted by Crippen LogP contribution is -3.12. The highest BCUT2D eigenvalue weighted by molar-refractivity contribution is 5.93. The second-order valence-electron chi connectivity index (χ2n) is 5.14. The molecule has 0 aliphatic heterocycles. The van der Waals surface area contributed by atoms with Gasteiger partial charge in [-0.3, -0.25) is 4.79 Å².